The highest BCUT2D eigenvalue weighted by Gasteiger charge is 2.66. The van der Waals surface area contributed by atoms with Crippen LogP contribution in [0.2, 0.25) is 10.1 Å². The van der Waals surface area contributed by atoms with Crippen molar-refractivity contribution in [2.45, 2.75) is 82.3 Å². The molecule has 3 heterocycles. The monoisotopic (exact) mass is 345 g/mol. The van der Waals surface area contributed by atoms with E-state index in [2.05, 4.69) is 46.9 Å². The summed E-state index contributed by atoms with van der Waals surface area (Å²) in [5.41, 5.74) is 0. The normalized spacial score (nSPS) is 40.0. The standard InChI is InChI=1S/C15H27NO6Si/c1-14(2,3)23(15(4,5)6)19-7-8-10(22-23)11-9(12(17)20-8)16-13(18)21-11/h8-12,17H,7H2,1-6H3,(H,16,18)/t8-,9+,10-,11-,12+/m1/s1. The molecule has 0 bridgehead atoms. The molecule has 23 heavy (non-hydrogen) atoms. The van der Waals surface area contributed by atoms with Crippen LogP contribution in [-0.2, 0) is 18.3 Å². The Morgan fingerprint density at radius 2 is 1.74 bits per heavy atom. The summed E-state index contributed by atoms with van der Waals surface area (Å²) >= 11 is 0. The maximum atomic E-state index is 11.6. The van der Waals surface area contributed by atoms with Gasteiger partial charge in [-0.05, 0) is 0 Å². The summed E-state index contributed by atoms with van der Waals surface area (Å²) in [7, 11) is -2.68. The summed E-state index contributed by atoms with van der Waals surface area (Å²) in [6.45, 7) is 13.1. The zero-order chi connectivity index (χ0) is 17.2. The van der Waals surface area contributed by atoms with E-state index in [9.17, 15) is 9.90 Å². The van der Waals surface area contributed by atoms with Crippen LogP contribution in [0.25, 0.3) is 0 Å². The number of nitrogens with one attached hydrogen (secondary N) is 1. The van der Waals surface area contributed by atoms with Gasteiger partial charge in [-0.1, -0.05) is 41.5 Å². The molecule has 0 unspecified atom stereocenters. The summed E-state index contributed by atoms with van der Waals surface area (Å²) in [6.07, 6.45) is -3.09. The van der Waals surface area contributed by atoms with E-state index >= 15 is 0 Å². The summed E-state index contributed by atoms with van der Waals surface area (Å²) in [5.74, 6) is 0. The fourth-order valence-electron chi connectivity index (χ4n) is 4.12. The molecule has 0 spiro atoms. The Kier molecular flexibility index (Phi) is 3.85. The van der Waals surface area contributed by atoms with Gasteiger partial charge in [-0.15, -0.1) is 0 Å². The van der Waals surface area contributed by atoms with Crippen molar-refractivity contribution in [2.75, 3.05) is 6.61 Å². The number of carbonyl (C=O) groups is 1. The number of hydrogen-bond acceptors (Lipinski definition) is 6. The summed E-state index contributed by atoms with van der Waals surface area (Å²) in [5, 5.41) is 12.3. The van der Waals surface area contributed by atoms with Gasteiger partial charge in [-0.3, -0.25) is 0 Å². The zero-order valence-corrected chi connectivity index (χ0v) is 15.6. The number of fused-ring (bicyclic) bond motifs is 3. The molecule has 0 aromatic carbocycles. The molecule has 0 saturated carbocycles. The second kappa shape index (κ2) is 5.16. The van der Waals surface area contributed by atoms with Crippen molar-refractivity contribution in [3.63, 3.8) is 0 Å². The van der Waals surface area contributed by atoms with Crippen LogP contribution in [0.4, 0.5) is 4.79 Å². The molecule has 3 aliphatic heterocycles. The first-order valence-electron chi connectivity index (χ1n) is 8.09. The largest absolute Gasteiger partial charge is 0.441 e. The number of amides is 1. The quantitative estimate of drug-likeness (QED) is 0.649. The van der Waals surface area contributed by atoms with Crippen molar-refractivity contribution >= 4 is 14.7 Å². The molecule has 3 fully saturated rings. The van der Waals surface area contributed by atoms with Crippen molar-refractivity contribution in [2.24, 2.45) is 0 Å². The van der Waals surface area contributed by atoms with E-state index in [0.29, 0.717) is 6.61 Å². The first-order valence-corrected chi connectivity index (χ1v) is 9.90. The van der Waals surface area contributed by atoms with Crippen molar-refractivity contribution in [1.29, 1.82) is 0 Å². The molecular weight excluding hydrogens is 318 g/mol. The molecular formula is C15H27NO6Si. The van der Waals surface area contributed by atoms with E-state index in [4.69, 9.17) is 18.3 Å². The highest BCUT2D eigenvalue weighted by Crippen LogP contribution is 2.55. The van der Waals surface area contributed by atoms with Crippen LogP contribution in [-0.4, -0.2) is 57.0 Å². The van der Waals surface area contributed by atoms with Gasteiger partial charge in [-0.2, -0.15) is 0 Å². The third kappa shape index (κ3) is 2.51. The van der Waals surface area contributed by atoms with E-state index in [-0.39, 0.29) is 10.1 Å². The first kappa shape index (κ1) is 17.2. The minimum atomic E-state index is -2.68. The average Bonchev–Trinajstić information content (AvgIpc) is 2.78. The second-order valence-electron chi connectivity index (χ2n) is 8.62. The molecule has 132 valence electrons. The molecule has 3 saturated heterocycles. The lowest BCUT2D eigenvalue weighted by Gasteiger charge is -2.56. The lowest BCUT2D eigenvalue weighted by atomic mass is 9.98. The molecule has 5 atom stereocenters. The smallest absolute Gasteiger partial charge is 0.408 e. The van der Waals surface area contributed by atoms with Crippen LogP contribution < -0.4 is 5.32 Å². The van der Waals surface area contributed by atoms with E-state index in [1.165, 1.54) is 0 Å². The number of alkyl carbamates (subject to hydrolysis) is 1. The minimum Gasteiger partial charge on any atom is -0.441 e. The van der Waals surface area contributed by atoms with E-state index in [1.54, 1.807) is 0 Å². The van der Waals surface area contributed by atoms with Gasteiger partial charge in [0, 0.05) is 10.1 Å². The first-order chi connectivity index (χ1) is 10.5. The second-order valence-corrected chi connectivity index (χ2v) is 13.4. The summed E-state index contributed by atoms with van der Waals surface area (Å²) in [4.78, 5) is 11.6. The fraction of sp³-hybridized carbons (Fsp3) is 0.933. The van der Waals surface area contributed by atoms with Gasteiger partial charge < -0.3 is 28.7 Å². The predicted molar refractivity (Wildman–Crippen MR) is 84.1 cm³/mol. The number of carbonyl (C=O) groups excluding carboxylic acids is 1. The summed E-state index contributed by atoms with van der Waals surface area (Å²) < 4.78 is 23.9. The molecule has 1 amide bonds. The highest BCUT2D eigenvalue weighted by atomic mass is 28.4. The van der Waals surface area contributed by atoms with Crippen LogP contribution in [0.5, 0.6) is 0 Å². The molecule has 2 N–H and O–H groups in total. The molecule has 8 heteroatoms. The Bertz CT molecular complexity index is 485. The lowest BCUT2D eigenvalue weighted by Crippen LogP contribution is -2.71. The fourth-order valence-corrected chi connectivity index (χ4v) is 9.08. The number of aliphatic hydroxyl groups excluding tert-OH is 1. The van der Waals surface area contributed by atoms with Gasteiger partial charge >= 0.3 is 14.7 Å². The Balaban J connectivity index is 1.95. The van der Waals surface area contributed by atoms with Gasteiger partial charge in [0.2, 0.25) is 0 Å². The maximum absolute atomic E-state index is 11.6. The Hall–Kier alpha value is -0.673. The topological polar surface area (TPSA) is 86.2 Å². The molecule has 3 aliphatic rings. The summed E-state index contributed by atoms with van der Waals surface area (Å²) in [6, 6.07) is -0.603. The molecule has 0 aromatic rings. The maximum Gasteiger partial charge on any atom is 0.408 e. The number of ether oxygens (including phenoxy) is 2. The molecule has 7 nitrogen and oxygen atoms in total. The molecule has 0 radical (unpaired) electrons. The van der Waals surface area contributed by atoms with E-state index in [0.717, 1.165) is 0 Å². The average molecular weight is 345 g/mol. The van der Waals surface area contributed by atoms with Crippen molar-refractivity contribution in [1.82, 2.24) is 5.32 Å². The van der Waals surface area contributed by atoms with Crippen LogP contribution in [0, 0.1) is 0 Å². The zero-order valence-electron chi connectivity index (χ0n) is 14.6. The van der Waals surface area contributed by atoms with Gasteiger partial charge in [0.15, 0.2) is 12.4 Å². The van der Waals surface area contributed by atoms with Crippen molar-refractivity contribution < 1.29 is 28.2 Å². The van der Waals surface area contributed by atoms with Crippen LogP contribution in [0.1, 0.15) is 41.5 Å². The van der Waals surface area contributed by atoms with Crippen LogP contribution in [0.15, 0.2) is 0 Å². The Morgan fingerprint density at radius 1 is 1.13 bits per heavy atom. The third-order valence-electron chi connectivity index (χ3n) is 4.92. The molecule has 3 rings (SSSR count). The molecule has 0 aromatic heterocycles. The van der Waals surface area contributed by atoms with Crippen molar-refractivity contribution in [3.8, 4) is 0 Å². The van der Waals surface area contributed by atoms with Gasteiger partial charge in [0.25, 0.3) is 0 Å². The van der Waals surface area contributed by atoms with Gasteiger partial charge in [-0.25, -0.2) is 4.79 Å². The number of aliphatic hydroxyl groups is 1. The van der Waals surface area contributed by atoms with Gasteiger partial charge in [0.05, 0.1) is 6.61 Å². The van der Waals surface area contributed by atoms with E-state index < -0.39 is 45.3 Å². The Labute approximate surface area is 137 Å². The third-order valence-corrected chi connectivity index (χ3v) is 10.0. The SMILES string of the molecule is CC(C)(C)[Si]1(C(C)(C)C)OC[C@H]2O[C@H](O)[C@H]3NC(=O)O[C@H]3[C@@H]2O1. The van der Waals surface area contributed by atoms with Gasteiger partial charge in [0.1, 0.15) is 18.2 Å². The number of rotatable bonds is 0. The molecule has 0 aliphatic carbocycles. The van der Waals surface area contributed by atoms with E-state index in [1.807, 2.05) is 0 Å². The Morgan fingerprint density at radius 3 is 2.30 bits per heavy atom. The number of hydrogen-bond donors (Lipinski definition) is 2. The lowest BCUT2D eigenvalue weighted by molar-refractivity contribution is -0.254. The minimum absolute atomic E-state index is 0.169. The predicted octanol–water partition coefficient (Wildman–Crippen LogP) is 1.64. The van der Waals surface area contributed by atoms with Crippen LogP contribution in [0.3, 0.4) is 0 Å². The highest BCUT2D eigenvalue weighted by molar-refractivity contribution is 6.73. The van der Waals surface area contributed by atoms with Crippen molar-refractivity contribution in [3.05, 3.63) is 0 Å². The van der Waals surface area contributed by atoms with Crippen LogP contribution >= 0.6 is 0 Å².